The number of benzene rings is 4. The van der Waals surface area contributed by atoms with Gasteiger partial charge in [0.2, 0.25) is 52.6 Å². The quantitative estimate of drug-likeness (QED) is 0.0179. The SMILES string of the molecule is C=CC(=O)OCCOC(=O)CCc1nc(-c2cccc(-c3noc(-c4cc(-c5nc(-c6cccc(-c7noc(CCC(=O)OCCOC(=O)C=C)n7)c6)no5)cc(-c5nc(-c6cccc(-c7noc(CCC(=O)OCCOC(=O)CC)n7)c6)no5)c4)n3)c2)no1. The van der Waals surface area contributed by atoms with E-state index in [2.05, 4.69) is 59.0 Å². The van der Waals surface area contributed by atoms with Gasteiger partial charge in [0.25, 0.3) is 17.7 Å². The predicted octanol–water partition coefficient (Wildman–Crippen LogP) is 7.83. The van der Waals surface area contributed by atoms with Crippen LogP contribution in [-0.2, 0) is 76.5 Å². The van der Waals surface area contributed by atoms with Gasteiger partial charge in [-0.1, -0.05) is 106 Å². The van der Waals surface area contributed by atoms with E-state index in [-0.39, 0.29) is 155 Å². The first-order valence-corrected chi connectivity index (χ1v) is 27.5. The molecule has 10 aromatic rings. The zero-order valence-corrected chi connectivity index (χ0v) is 47.6. The largest absolute Gasteiger partial charge is 0.462 e. The number of hydrogen-bond donors (Lipinski definition) is 0. The summed E-state index contributed by atoms with van der Waals surface area (Å²) in [6.07, 6.45) is 2.34. The highest BCUT2D eigenvalue weighted by atomic mass is 16.6. The molecule has 10 rings (SSSR count). The fourth-order valence-electron chi connectivity index (χ4n) is 8.16. The highest BCUT2D eigenvalue weighted by Crippen LogP contribution is 2.35. The summed E-state index contributed by atoms with van der Waals surface area (Å²) >= 11 is 0. The standard InChI is InChI=1S/C60H50N12O18/c1-4-46(73)79-22-25-82-49(76)19-16-43-61-52(67-85-43)34-10-7-13-37(28-34)55-64-58(88-70-55)40-31-41(59-65-56(71-89-59)38-14-8-11-35(29-38)53-62-44(86-68-53)17-20-50(77)83-26-23-80-47(74)5-2)33-42(32-40)60-66-57(72-90-60)39-15-9-12-36(30-39)54-63-45(87-69-54)18-21-51(78)84-27-24-81-48(75)6-3/h4-5,7-15,28-33H,1-2,6,16-27H2,3H3. The topological polar surface area (TPSA) is 391 Å². The Morgan fingerprint density at radius 2 is 0.611 bits per heavy atom. The van der Waals surface area contributed by atoms with Crippen LogP contribution in [-0.4, -0.2) is 136 Å². The molecular formula is C60H50N12O18. The molecule has 0 saturated heterocycles. The Kier molecular flexibility index (Phi) is 20.0. The molecule has 0 spiro atoms. The van der Waals surface area contributed by atoms with E-state index < -0.39 is 35.8 Å². The van der Waals surface area contributed by atoms with Crippen molar-refractivity contribution in [2.75, 3.05) is 39.6 Å². The molecule has 0 N–H and O–H groups in total. The molecule has 30 nitrogen and oxygen atoms in total. The van der Waals surface area contributed by atoms with Crippen molar-refractivity contribution in [3.8, 4) is 103 Å². The summed E-state index contributed by atoms with van der Waals surface area (Å²) in [6.45, 7) is 7.69. The predicted molar refractivity (Wildman–Crippen MR) is 304 cm³/mol. The van der Waals surface area contributed by atoms with Gasteiger partial charge in [0.15, 0.2) is 0 Å². The van der Waals surface area contributed by atoms with Crippen molar-refractivity contribution in [2.45, 2.75) is 51.9 Å². The molecule has 30 heteroatoms. The Hall–Kier alpha value is -12.0. The fraction of sp³-hybridized carbons (Fsp3) is 0.233. The molecule has 6 heterocycles. The lowest BCUT2D eigenvalue weighted by molar-refractivity contribution is -0.152. The third-order valence-electron chi connectivity index (χ3n) is 12.5. The molecule has 0 saturated carbocycles. The molecule has 0 unspecified atom stereocenters. The van der Waals surface area contributed by atoms with Crippen LogP contribution in [0.2, 0.25) is 0 Å². The Balaban J connectivity index is 0.872. The van der Waals surface area contributed by atoms with Gasteiger partial charge >= 0.3 is 35.8 Å². The van der Waals surface area contributed by atoms with Gasteiger partial charge in [-0.3, -0.25) is 19.2 Å². The minimum Gasteiger partial charge on any atom is -0.462 e. The minimum atomic E-state index is -0.630. The van der Waals surface area contributed by atoms with Gasteiger partial charge in [0.1, 0.15) is 39.6 Å². The van der Waals surface area contributed by atoms with Crippen LogP contribution in [0.3, 0.4) is 0 Å². The molecule has 0 aliphatic heterocycles. The van der Waals surface area contributed by atoms with Crippen LogP contribution < -0.4 is 0 Å². The number of carbonyl (C=O) groups is 6. The van der Waals surface area contributed by atoms with Crippen molar-refractivity contribution >= 4 is 35.8 Å². The summed E-state index contributed by atoms with van der Waals surface area (Å²) in [5, 5.41) is 25.2. The molecule has 458 valence electrons. The number of carbonyl (C=O) groups excluding carboxylic acids is 6. The van der Waals surface area contributed by atoms with Crippen LogP contribution >= 0.6 is 0 Å². The second-order valence-electron chi connectivity index (χ2n) is 18.8. The van der Waals surface area contributed by atoms with Gasteiger partial charge < -0.3 is 55.6 Å². The van der Waals surface area contributed by atoms with Crippen molar-refractivity contribution < 1.29 is 84.3 Å². The van der Waals surface area contributed by atoms with Crippen molar-refractivity contribution in [3.63, 3.8) is 0 Å². The molecular weight excluding hydrogens is 1180 g/mol. The first kappa shape index (κ1) is 61.1. The first-order chi connectivity index (χ1) is 43.9. The maximum absolute atomic E-state index is 12.3. The van der Waals surface area contributed by atoms with Gasteiger partial charge in [-0.15, -0.1) is 0 Å². The Morgan fingerprint density at radius 1 is 0.356 bits per heavy atom. The zero-order valence-electron chi connectivity index (χ0n) is 47.6. The smallest absolute Gasteiger partial charge is 0.330 e. The van der Waals surface area contributed by atoms with E-state index in [0.29, 0.717) is 50.1 Å². The second-order valence-corrected chi connectivity index (χ2v) is 18.8. The second kappa shape index (κ2) is 29.4. The lowest BCUT2D eigenvalue weighted by Gasteiger charge is -2.04. The summed E-state index contributed by atoms with van der Waals surface area (Å²) in [5.74, 6) is -1.22. The number of ether oxygens (including phenoxy) is 6. The van der Waals surface area contributed by atoms with Crippen LogP contribution in [0.5, 0.6) is 0 Å². The summed E-state index contributed by atoms with van der Waals surface area (Å²) in [7, 11) is 0. The number of rotatable bonds is 30. The summed E-state index contributed by atoms with van der Waals surface area (Å²) in [5.41, 5.74) is 4.38. The van der Waals surface area contributed by atoms with Gasteiger partial charge in [-0.05, 0) is 36.4 Å². The molecule has 0 aliphatic rings. The molecule has 0 radical (unpaired) electrons. The molecule has 0 bridgehead atoms. The van der Waals surface area contributed by atoms with E-state index in [0.717, 1.165) is 12.2 Å². The van der Waals surface area contributed by atoms with E-state index in [9.17, 15) is 28.8 Å². The van der Waals surface area contributed by atoms with Crippen LogP contribution in [0.4, 0.5) is 0 Å². The van der Waals surface area contributed by atoms with Crippen molar-refractivity contribution in [1.29, 1.82) is 0 Å². The van der Waals surface area contributed by atoms with Crippen LogP contribution in [0.1, 0.15) is 50.3 Å². The monoisotopic (exact) mass is 1230 g/mol. The van der Waals surface area contributed by atoms with Crippen LogP contribution in [0.25, 0.3) is 103 Å². The molecule has 0 atom stereocenters. The fourth-order valence-corrected chi connectivity index (χ4v) is 8.16. The molecule has 6 aromatic heterocycles. The van der Waals surface area contributed by atoms with Crippen molar-refractivity contribution in [2.24, 2.45) is 0 Å². The Labute approximate surface area is 507 Å². The number of aryl methyl sites for hydroxylation is 3. The Morgan fingerprint density at radius 3 is 0.900 bits per heavy atom. The molecule has 90 heavy (non-hydrogen) atoms. The van der Waals surface area contributed by atoms with E-state index in [4.69, 9.17) is 70.5 Å². The summed E-state index contributed by atoms with van der Waals surface area (Å²) in [6, 6.07) is 26.1. The highest BCUT2D eigenvalue weighted by molar-refractivity contribution is 5.82. The average molecular weight is 1230 g/mol. The van der Waals surface area contributed by atoms with E-state index in [1.807, 2.05) is 0 Å². The summed E-state index contributed by atoms with van der Waals surface area (Å²) < 4.78 is 63.8. The number of hydrogen-bond acceptors (Lipinski definition) is 30. The Bertz CT molecular complexity index is 4030. The summed E-state index contributed by atoms with van der Waals surface area (Å²) in [4.78, 5) is 98.3. The first-order valence-electron chi connectivity index (χ1n) is 27.5. The van der Waals surface area contributed by atoms with Crippen molar-refractivity contribution in [3.05, 3.63) is 134 Å². The zero-order chi connectivity index (χ0) is 62.8. The molecule has 0 amide bonds. The van der Waals surface area contributed by atoms with E-state index in [1.54, 1.807) is 97.9 Å². The van der Waals surface area contributed by atoms with Crippen molar-refractivity contribution in [1.82, 2.24) is 60.8 Å². The number of nitrogens with zero attached hydrogens (tertiary/aromatic N) is 12. The normalized spacial score (nSPS) is 11.0. The molecule has 0 aliphatic carbocycles. The van der Waals surface area contributed by atoms with Crippen LogP contribution in [0, 0.1) is 0 Å². The third kappa shape index (κ3) is 16.3. The maximum atomic E-state index is 12.3. The van der Waals surface area contributed by atoms with Gasteiger partial charge in [0.05, 0.1) is 19.3 Å². The molecule has 4 aromatic carbocycles. The van der Waals surface area contributed by atoms with Gasteiger partial charge in [0, 0.05) is 87.9 Å². The average Bonchev–Trinajstić information content (AvgIpc) is 2.23. The van der Waals surface area contributed by atoms with Gasteiger partial charge in [-0.2, -0.15) is 29.9 Å². The molecule has 0 fully saturated rings. The maximum Gasteiger partial charge on any atom is 0.330 e. The van der Waals surface area contributed by atoms with E-state index >= 15 is 0 Å². The van der Waals surface area contributed by atoms with E-state index in [1.165, 1.54) is 0 Å². The minimum absolute atomic E-state index is 0.0444. The van der Waals surface area contributed by atoms with Crippen LogP contribution in [0.15, 0.2) is 143 Å². The number of aromatic nitrogens is 12. The lowest BCUT2D eigenvalue weighted by Crippen LogP contribution is -2.13. The lowest BCUT2D eigenvalue weighted by atomic mass is 10.0. The third-order valence-corrected chi connectivity index (χ3v) is 12.5. The number of esters is 6. The highest BCUT2D eigenvalue weighted by Gasteiger charge is 2.23. The van der Waals surface area contributed by atoms with Gasteiger partial charge in [-0.25, -0.2) is 9.59 Å².